The summed E-state index contributed by atoms with van der Waals surface area (Å²) in [5, 5.41) is 11.9. The van der Waals surface area contributed by atoms with Gasteiger partial charge in [0.2, 0.25) is 5.82 Å². The predicted molar refractivity (Wildman–Crippen MR) is 182 cm³/mol. The zero-order chi connectivity index (χ0) is 36.1. The third kappa shape index (κ3) is 8.17. The van der Waals surface area contributed by atoms with E-state index in [1.807, 2.05) is 48.5 Å². The lowest BCUT2D eigenvalue weighted by molar-refractivity contribution is -0.276. The van der Waals surface area contributed by atoms with E-state index in [4.69, 9.17) is 9.47 Å². The molecule has 0 spiro atoms. The Hall–Kier alpha value is -4.16. The minimum Gasteiger partial charge on any atom is -0.392 e. The fraction of sp³-hybridized carbons (Fsp3) is 0.375. The number of amides is 1. The average Bonchev–Trinajstić information content (AvgIpc) is 3.14. The van der Waals surface area contributed by atoms with Crippen molar-refractivity contribution < 1.29 is 41.3 Å². The fourth-order valence-corrected chi connectivity index (χ4v) is 6.92. The van der Waals surface area contributed by atoms with Gasteiger partial charge in [-0.1, -0.05) is 99.0 Å². The molecular formula is C40H41F5N2O4. The number of halogens is 5. The molecule has 2 heterocycles. The maximum atomic E-state index is 14.2. The first-order valence-corrected chi connectivity index (χ1v) is 17.4. The number of hydrogen-bond donors (Lipinski definition) is 2. The molecule has 0 aromatic heterocycles. The zero-order valence-electron chi connectivity index (χ0n) is 28.3. The van der Waals surface area contributed by atoms with Gasteiger partial charge in [0, 0.05) is 24.6 Å². The van der Waals surface area contributed by atoms with Gasteiger partial charge in [-0.2, -0.15) is 0 Å². The van der Waals surface area contributed by atoms with Gasteiger partial charge in [-0.3, -0.25) is 4.79 Å². The van der Waals surface area contributed by atoms with Gasteiger partial charge < -0.3 is 24.8 Å². The SMILES string of the molecule is CC1C(CN2CCCCCCC2)OC(c2ccc(-c3ccccc3CNC(=O)c3c(F)c(F)c(F)c(F)c3F)cc2)OC1c1ccc(CO)cc1. The number of aliphatic hydroxyl groups excluding tert-OH is 1. The molecule has 2 fully saturated rings. The van der Waals surface area contributed by atoms with Gasteiger partial charge in [0.15, 0.2) is 29.6 Å². The van der Waals surface area contributed by atoms with Crippen molar-refractivity contribution in [2.24, 2.45) is 5.92 Å². The first kappa shape index (κ1) is 36.6. The Balaban J connectivity index is 1.21. The van der Waals surface area contributed by atoms with Crippen molar-refractivity contribution in [3.05, 3.63) is 130 Å². The molecule has 0 aliphatic carbocycles. The Morgan fingerprint density at radius 1 is 0.765 bits per heavy atom. The molecule has 2 saturated heterocycles. The van der Waals surface area contributed by atoms with E-state index < -0.39 is 46.8 Å². The summed E-state index contributed by atoms with van der Waals surface area (Å²) in [6, 6.07) is 22.3. The maximum Gasteiger partial charge on any atom is 0.257 e. The highest BCUT2D eigenvalue weighted by Crippen LogP contribution is 2.42. The van der Waals surface area contributed by atoms with Crippen LogP contribution in [0.3, 0.4) is 0 Å². The maximum absolute atomic E-state index is 14.2. The van der Waals surface area contributed by atoms with Crippen LogP contribution >= 0.6 is 0 Å². The van der Waals surface area contributed by atoms with Crippen LogP contribution in [0.1, 0.15) is 84.0 Å². The van der Waals surface area contributed by atoms with Gasteiger partial charge in [0.1, 0.15) is 5.56 Å². The van der Waals surface area contributed by atoms with E-state index in [0.717, 1.165) is 54.7 Å². The van der Waals surface area contributed by atoms with Crippen molar-refractivity contribution in [2.75, 3.05) is 19.6 Å². The first-order valence-electron chi connectivity index (χ1n) is 17.4. The van der Waals surface area contributed by atoms with Crippen molar-refractivity contribution in [2.45, 2.75) is 70.7 Å². The van der Waals surface area contributed by atoms with Crippen molar-refractivity contribution in [3.63, 3.8) is 0 Å². The van der Waals surface area contributed by atoms with E-state index in [9.17, 15) is 31.9 Å². The van der Waals surface area contributed by atoms with Crippen LogP contribution in [0.4, 0.5) is 22.0 Å². The van der Waals surface area contributed by atoms with E-state index in [1.165, 1.54) is 19.3 Å². The molecule has 0 bridgehead atoms. The number of nitrogens with one attached hydrogen (secondary N) is 1. The lowest BCUT2D eigenvalue weighted by Crippen LogP contribution is -2.45. The van der Waals surface area contributed by atoms with Crippen LogP contribution in [0.5, 0.6) is 0 Å². The van der Waals surface area contributed by atoms with Crippen LogP contribution in [-0.4, -0.2) is 41.7 Å². The molecule has 1 amide bonds. The fourth-order valence-electron chi connectivity index (χ4n) is 6.92. The highest BCUT2D eigenvalue weighted by Gasteiger charge is 2.39. The number of carbonyl (C=O) groups excluding carboxylic acids is 1. The Morgan fingerprint density at radius 3 is 2.00 bits per heavy atom. The molecule has 0 saturated carbocycles. The Bertz CT molecular complexity index is 1780. The predicted octanol–water partition coefficient (Wildman–Crippen LogP) is 8.53. The number of nitrogens with zero attached hydrogens (tertiary/aromatic N) is 1. The van der Waals surface area contributed by atoms with Crippen LogP contribution in [0, 0.1) is 35.0 Å². The molecule has 4 aromatic carbocycles. The molecule has 2 aliphatic rings. The zero-order valence-corrected chi connectivity index (χ0v) is 28.3. The summed E-state index contributed by atoms with van der Waals surface area (Å²) in [4.78, 5) is 15.1. The van der Waals surface area contributed by atoms with Crippen molar-refractivity contribution in [3.8, 4) is 11.1 Å². The molecule has 270 valence electrons. The molecular weight excluding hydrogens is 667 g/mol. The monoisotopic (exact) mass is 708 g/mol. The molecule has 11 heteroatoms. The van der Waals surface area contributed by atoms with Gasteiger partial charge in [0.25, 0.3) is 5.91 Å². The van der Waals surface area contributed by atoms with Gasteiger partial charge in [-0.25, -0.2) is 22.0 Å². The Labute approximate surface area is 294 Å². The van der Waals surface area contributed by atoms with Gasteiger partial charge in [-0.15, -0.1) is 0 Å². The van der Waals surface area contributed by atoms with E-state index in [-0.39, 0.29) is 31.3 Å². The molecule has 4 aromatic rings. The third-order valence-corrected chi connectivity index (χ3v) is 9.90. The first-order chi connectivity index (χ1) is 24.7. The van der Waals surface area contributed by atoms with Gasteiger partial charge in [-0.05, 0) is 53.7 Å². The summed E-state index contributed by atoms with van der Waals surface area (Å²) in [6.07, 6.45) is 5.05. The molecule has 6 nitrogen and oxygen atoms in total. The standard InChI is InChI=1S/C40H41F5N2O4/c1-24-31(22-47-19-7-3-2-4-8-20-47)50-40(51-38(24)27-13-11-25(23-48)12-14-27)28-17-15-26(16-18-28)30-10-6-5-9-29(30)21-46-39(49)32-33(41)35(43)37(45)36(44)34(32)42/h5-6,9-18,24,31,38,40,48H,2-4,7-8,19-23H2,1H3,(H,46,49). The molecule has 4 unspecified atom stereocenters. The number of ether oxygens (including phenoxy) is 2. The van der Waals surface area contributed by atoms with Crippen LogP contribution in [0.15, 0.2) is 72.8 Å². The number of carbonyl (C=O) groups is 1. The third-order valence-electron chi connectivity index (χ3n) is 9.90. The summed E-state index contributed by atoms with van der Waals surface area (Å²) in [6.45, 7) is 4.72. The van der Waals surface area contributed by atoms with Crippen LogP contribution in [0.2, 0.25) is 0 Å². The summed E-state index contributed by atoms with van der Waals surface area (Å²) >= 11 is 0. The molecule has 4 atom stereocenters. The molecule has 2 N–H and O–H groups in total. The highest BCUT2D eigenvalue weighted by molar-refractivity contribution is 5.95. The smallest absolute Gasteiger partial charge is 0.257 e. The van der Waals surface area contributed by atoms with Crippen molar-refractivity contribution in [1.82, 2.24) is 10.2 Å². The van der Waals surface area contributed by atoms with Gasteiger partial charge in [0.05, 0.1) is 18.8 Å². The normalized spacial score (nSPS) is 21.5. The quantitative estimate of drug-likeness (QED) is 0.104. The van der Waals surface area contributed by atoms with Crippen LogP contribution in [0.25, 0.3) is 11.1 Å². The largest absolute Gasteiger partial charge is 0.392 e. The van der Waals surface area contributed by atoms with Crippen LogP contribution in [-0.2, 0) is 22.6 Å². The van der Waals surface area contributed by atoms with Crippen molar-refractivity contribution >= 4 is 5.91 Å². The second-order valence-electron chi connectivity index (χ2n) is 13.3. The second kappa shape index (κ2) is 16.5. The summed E-state index contributed by atoms with van der Waals surface area (Å²) in [5.74, 6) is -12.5. The summed E-state index contributed by atoms with van der Waals surface area (Å²) in [7, 11) is 0. The van der Waals surface area contributed by atoms with Crippen LogP contribution < -0.4 is 5.32 Å². The molecule has 6 rings (SSSR count). The van der Waals surface area contributed by atoms with E-state index in [1.54, 1.807) is 24.3 Å². The Morgan fingerprint density at radius 2 is 1.35 bits per heavy atom. The number of rotatable bonds is 9. The van der Waals surface area contributed by atoms with E-state index >= 15 is 0 Å². The second-order valence-corrected chi connectivity index (χ2v) is 13.3. The number of hydrogen-bond acceptors (Lipinski definition) is 5. The molecule has 2 aliphatic heterocycles. The summed E-state index contributed by atoms with van der Waals surface area (Å²) in [5.41, 5.74) is 3.10. The van der Waals surface area contributed by atoms with Crippen molar-refractivity contribution in [1.29, 1.82) is 0 Å². The summed E-state index contributed by atoms with van der Waals surface area (Å²) < 4.78 is 82.8. The average molecular weight is 709 g/mol. The highest BCUT2D eigenvalue weighted by atomic mass is 19.2. The molecule has 51 heavy (non-hydrogen) atoms. The number of likely N-dealkylation sites (tertiary alicyclic amines) is 1. The Kier molecular flexibility index (Phi) is 11.8. The van der Waals surface area contributed by atoms with E-state index in [2.05, 4.69) is 17.1 Å². The minimum absolute atomic E-state index is 0.0438. The van der Waals surface area contributed by atoms with Gasteiger partial charge >= 0.3 is 0 Å². The minimum atomic E-state index is -2.33. The lowest BCUT2D eigenvalue weighted by atomic mass is 9.89. The topological polar surface area (TPSA) is 71.0 Å². The number of aliphatic hydroxyl groups is 1. The number of benzene rings is 4. The lowest BCUT2D eigenvalue weighted by Gasteiger charge is -2.43. The van der Waals surface area contributed by atoms with E-state index in [0.29, 0.717) is 11.1 Å². The molecule has 0 radical (unpaired) electrons.